The van der Waals surface area contributed by atoms with E-state index in [9.17, 15) is 9.90 Å². The minimum Gasteiger partial charge on any atom is -0.389 e. The van der Waals surface area contributed by atoms with Crippen LogP contribution in [-0.2, 0) is 9.53 Å². The van der Waals surface area contributed by atoms with Gasteiger partial charge in [0.05, 0.1) is 5.60 Å². The van der Waals surface area contributed by atoms with E-state index in [1.54, 1.807) is 7.11 Å². The van der Waals surface area contributed by atoms with Crippen LogP contribution in [-0.4, -0.2) is 72.9 Å². The predicted octanol–water partition coefficient (Wildman–Crippen LogP) is 1.50. The van der Waals surface area contributed by atoms with Gasteiger partial charge in [-0.25, -0.2) is 0 Å². The third-order valence-electron chi connectivity index (χ3n) is 5.38. The molecule has 0 unspecified atom stereocenters. The first-order chi connectivity index (χ1) is 10.5. The van der Waals surface area contributed by atoms with E-state index in [0.717, 1.165) is 13.0 Å². The number of hydrogen-bond acceptors (Lipinski definition) is 4. The van der Waals surface area contributed by atoms with Crippen LogP contribution in [0.25, 0.3) is 0 Å². The monoisotopic (exact) mass is 312 g/mol. The van der Waals surface area contributed by atoms with Gasteiger partial charge in [0.25, 0.3) is 0 Å². The Morgan fingerprint density at radius 1 is 1.32 bits per heavy atom. The van der Waals surface area contributed by atoms with Crippen LogP contribution in [0.15, 0.2) is 0 Å². The SMILES string of the molecule is COCC[C@]1(O)CCN(C(=O)CCCN2CCCC2)C[C@H]1C. The molecule has 2 atom stereocenters. The van der Waals surface area contributed by atoms with Gasteiger partial charge in [-0.2, -0.15) is 0 Å². The van der Waals surface area contributed by atoms with Crippen molar-refractivity contribution in [2.45, 2.75) is 51.0 Å². The first-order valence-electron chi connectivity index (χ1n) is 8.76. The molecule has 2 aliphatic heterocycles. The Morgan fingerprint density at radius 2 is 2.05 bits per heavy atom. The minimum absolute atomic E-state index is 0.110. The molecule has 1 N–H and O–H groups in total. The normalized spacial score (nSPS) is 30.0. The molecule has 0 aromatic heterocycles. The highest BCUT2D eigenvalue weighted by molar-refractivity contribution is 5.76. The molecule has 0 radical (unpaired) electrons. The van der Waals surface area contributed by atoms with Crippen LogP contribution in [0.3, 0.4) is 0 Å². The molecule has 2 fully saturated rings. The molecular weight excluding hydrogens is 280 g/mol. The molecule has 0 saturated carbocycles. The molecule has 0 bridgehead atoms. The summed E-state index contributed by atoms with van der Waals surface area (Å²) < 4.78 is 5.09. The summed E-state index contributed by atoms with van der Waals surface area (Å²) >= 11 is 0. The van der Waals surface area contributed by atoms with Crippen molar-refractivity contribution in [1.29, 1.82) is 0 Å². The van der Waals surface area contributed by atoms with Crippen LogP contribution < -0.4 is 0 Å². The number of ether oxygens (including phenoxy) is 1. The highest BCUT2D eigenvalue weighted by Gasteiger charge is 2.39. The maximum atomic E-state index is 12.3. The van der Waals surface area contributed by atoms with Gasteiger partial charge in [0.1, 0.15) is 0 Å². The standard InChI is InChI=1S/C17H32N2O3/c1-15-14-19(12-7-17(15,21)8-13-22-2)16(20)6-5-11-18-9-3-4-10-18/h15,21H,3-14H2,1-2H3/t15-,17-/m1/s1. The lowest BCUT2D eigenvalue weighted by Crippen LogP contribution is -2.52. The molecule has 0 aromatic rings. The summed E-state index contributed by atoms with van der Waals surface area (Å²) in [6, 6.07) is 0. The molecule has 22 heavy (non-hydrogen) atoms. The summed E-state index contributed by atoms with van der Waals surface area (Å²) in [5.74, 6) is 0.360. The minimum atomic E-state index is -0.678. The van der Waals surface area contributed by atoms with Gasteiger partial charge in [0.15, 0.2) is 0 Å². The molecule has 5 nitrogen and oxygen atoms in total. The number of likely N-dealkylation sites (tertiary alicyclic amines) is 2. The van der Waals surface area contributed by atoms with Crippen molar-refractivity contribution >= 4 is 5.91 Å². The molecular formula is C17H32N2O3. The number of hydrogen-bond donors (Lipinski definition) is 1. The molecule has 1 amide bonds. The molecule has 2 saturated heterocycles. The van der Waals surface area contributed by atoms with Gasteiger partial charge in [-0.3, -0.25) is 4.79 Å². The Morgan fingerprint density at radius 3 is 2.68 bits per heavy atom. The summed E-state index contributed by atoms with van der Waals surface area (Å²) in [6.07, 6.45) is 5.52. The zero-order chi connectivity index (χ0) is 16.0. The second-order valence-corrected chi connectivity index (χ2v) is 6.99. The van der Waals surface area contributed by atoms with E-state index in [2.05, 4.69) is 4.90 Å². The van der Waals surface area contributed by atoms with Gasteiger partial charge < -0.3 is 19.6 Å². The summed E-state index contributed by atoms with van der Waals surface area (Å²) in [7, 11) is 1.66. The number of carbonyl (C=O) groups is 1. The molecule has 0 aliphatic carbocycles. The number of amides is 1. The predicted molar refractivity (Wildman–Crippen MR) is 86.7 cm³/mol. The van der Waals surface area contributed by atoms with E-state index >= 15 is 0 Å². The number of aliphatic hydroxyl groups is 1. The summed E-state index contributed by atoms with van der Waals surface area (Å²) in [6.45, 7) is 7.40. The second-order valence-electron chi connectivity index (χ2n) is 6.99. The summed E-state index contributed by atoms with van der Waals surface area (Å²) in [5, 5.41) is 10.7. The Hall–Kier alpha value is -0.650. The molecule has 0 spiro atoms. The van der Waals surface area contributed by atoms with Crippen LogP contribution >= 0.6 is 0 Å². The lowest BCUT2D eigenvalue weighted by atomic mass is 9.80. The van der Waals surface area contributed by atoms with Crippen LogP contribution in [0.2, 0.25) is 0 Å². The van der Waals surface area contributed by atoms with Crippen molar-refractivity contribution in [3.63, 3.8) is 0 Å². The van der Waals surface area contributed by atoms with E-state index in [4.69, 9.17) is 4.74 Å². The Bertz CT molecular complexity index is 358. The fraction of sp³-hybridized carbons (Fsp3) is 0.941. The summed E-state index contributed by atoms with van der Waals surface area (Å²) in [5.41, 5.74) is -0.678. The Kier molecular flexibility index (Phi) is 6.66. The number of rotatable bonds is 7. The first-order valence-corrected chi connectivity index (χ1v) is 8.76. The lowest BCUT2D eigenvalue weighted by molar-refractivity contribution is -0.140. The molecule has 0 aromatic carbocycles. The van der Waals surface area contributed by atoms with Gasteiger partial charge in [-0.1, -0.05) is 6.92 Å². The molecule has 5 heteroatoms. The Labute approximate surface area is 134 Å². The summed E-state index contributed by atoms with van der Waals surface area (Å²) in [4.78, 5) is 16.7. The van der Waals surface area contributed by atoms with E-state index in [0.29, 0.717) is 39.0 Å². The van der Waals surface area contributed by atoms with Gasteiger partial charge in [-0.05, 0) is 51.7 Å². The van der Waals surface area contributed by atoms with Crippen molar-refractivity contribution < 1.29 is 14.6 Å². The van der Waals surface area contributed by atoms with Crippen molar-refractivity contribution in [3.8, 4) is 0 Å². The Balaban J connectivity index is 1.70. The molecule has 128 valence electrons. The maximum Gasteiger partial charge on any atom is 0.222 e. The van der Waals surface area contributed by atoms with E-state index in [-0.39, 0.29) is 11.8 Å². The van der Waals surface area contributed by atoms with Crippen molar-refractivity contribution in [3.05, 3.63) is 0 Å². The maximum absolute atomic E-state index is 12.3. The average Bonchev–Trinajstić information content (AvgIpc) is 3.01. The van der Waals surface area contributed by atoms with Crippen molar-refractivity contribution in [2.24, 2.45) is 5.92 Å². The average molecular weight is 312 g/mol. The van der Waals surface area contributed by atoms with Crippen LogP contribution in [0.4, 0.5) is 0 Å². The van der Waals surface area contributed by atoms with Crippen LogP contribution in [0, 0.1) is 5.92 Å². The fourth-order valence-electron chi connectivity index (χ4n) is 3.66. The van der Waals surface area contributed by atoms with E-state index in [1.165, 1.54) is 25.9 Å². The van der Waals surface area contributed by atoms with Crippen molar-refractivity contribution in [1.82, 2.24) is 9.80 Å². The van der Waals surface area contributed by atoms with Crippen molar-refractivity contribution in [2.75, 3.05) is 46.4 Å². The van der Waals surface area contributed by atoms with Gasteiger partial charge in [0, 0.05) is 39.1 Å². The van der Waals surface area contributed by atoms with Crippen LogP contribution in [0.5, 0.6) is 0 Å². The number of piperidine rings is 1. The highest BCUT2D eigenvalue weighted by Crippen LogP contribution is 2.31. The first kappa shape index (κ1) is 17.7. The quantitative estimate of drug-likeness (QED) is 0.774. The fourth-order valence-corrected chi connectivity index (χ4v) is 3.66. The van der Waals surface area contributed by atoms with Gasteiger partial charge in [0.2, 0.25) is 5.91 Å². The van der Waals surface area contributed by atoms with E-state index < -0.39 is 5.60 Å². The van der Waals surface area contributed by atoms with Gasteiger partial charge >= 0.3 is 0 Å². The van der Waals surface area contributed by atoms with Gasteiger partial charge in [-0.15, -0.1) is 0 Å². The zero-order valence-corrected chi connectivity index (χ0v) is 14.2. The molecule has 2 aliphatic rings. The third kappa shape index (κ3) is 4.67. The number of nitrogens with zero attached hydrogens (tertiary/aromatic N) is 2. The third-order valence-corrected chi connectivity index (χ3v) is 5.38. The highest BCUT2D eigenvalue weighted by atomic mass is 16.5. The topological polar surface area (TPSA) is 53.0 Å². The zero-order valence-electron chi connectivity index (χ0n) is 14.2. The lowest BCUT2D eigenvalue weighted by Gasteiger charge is -2.43. The van der Waals surface area contributed by atoms with E-state index in [1.807, 2.05) is 11.8 Å². The second kappa shape index (κ2) is 8.27. The van der Waals surface area contributed by atoms with Crippen LogP contribution in [0.1, 0.15) is 45.4 Å². The largest absolute Gasteiger partial charge is 0.389 e. The number of methoxy groups -OCH3 is 1. The smallest absolute Gasteiger partial charge is 0.222 e. The molecule has 2 rings (SSSR count). The number of carbonyl (C=O) groups excluding carboxylic acids is 1. The molecule has 2 heterocycles.